The van der Waals surface area contributed by atoms with Crippen LogP contribution in [0.3, 0.4) is 0 Å². The molecule has 1 unspecified atom stereocenters. The molecule has 1 aromatic heterocycles. The molecule has 0 bridgehead atoms. The van der Waals surface area contributed by atoms with E-state index in [1.807, 2.05) is 11.4 Å². The van der Waals surface area contributed by atoms with Gasteiger partial charge < -0.3 is 0 Å². The molecule has 2 rings (SSSR count). The molecule has 0 radical (unpaired) electrons. The maximum Gasteiger partial charge on any atom is 0.294 e. The highest BCUT2D eigenvalue weighted by atomic mass is 32.2. The molecule has 96 valence electrons. The van der Waals surface area contributed by atoms with Crippen LogP contribution in [0.25, 0.3) is 0 Å². The second kappa shape index (κ2) is 5.22. The summed E-state index contributed by atoms with van der Waals surface area (Å²) >= 11 is 1.72. The molecule has 0 aliphatic carbocycles. The monoisotopic (exact) mass is 282 g/mol. The van der Waals surface area contributed by atoms with Crippen molar-refractivity contribution in [1.29, 1.82) is 0 Å². The number of hydrogen-bond acceptors (Lipinski definition) is 3. The number of hydrogen-bond donors (Lipinski definition) is 1. The minimum absolute atomic E-state index is 0.0602. The molecule has 5 heteroatoms. The Hall–Kier alpha value is -1.17. The van der Waals surface area contributed by atoms with Crippen molar-refractivity contribution in [2.75, 3.05) is 0 Å². The predicted octanol–water partition coefficient (Wildman–Crippen LogP) is 3.34. The van der Waals surface area contributed by atoms with Crippen LogP contribution in [-0.2, 0) is 16.5 Å². The average molecular weight is 282 g/mol. The first kappa shape index (κ1) is 13.3. The Labute approximate surface area is 111 Å². The van der Waals surface area contributed by atoms with Crippen molar-refractivity contribution >= 4 is 21.5 Å². The van der Waals surface area contributed by atoms with E-state index >= 15 is 0 Å². The Kier molecular flexibility index (Phi) is 3.85. The van der Waals surface area contributed by atoms with Gasteiger partial charge in [0.05, 0.1) is 4.90 Å². The second-order valence-electron chi connectivity index (χ2n) is 4.24. The van der Waals surface area contributed by atoms with Crippen molar-refractivity contribution in [2.24, 2.45) is 0 Å². The zero-order chi connectivity index (χ0) is 13.2. The van der Waals surface area contributed by atoms with E-state index in [2.05, 4.69) is 13.0 Å². The van der Waals surface area contributed by atoms with Crippen LogP contribution in [0.2, 0.25) is 0 Å². The summed E-state index contributed by atoms with van der Waals surface area (Å²) in [6.45, 7) is 2.14. The minimum atomic E-state index is -4.09. The van der Waals surface area contributed by atoms with Gasteiger partial charge in [-0.25, -0.2) is 0 Å². The Morgan fingerprint density at radius 1 is 1.22 bits per heavy atom. The van der Waals surface area contributed by atoms with Gasteiger partial charge in [-0.1, -0.05) is 25.1 Å². The van der Waals surface area contributed by atoms with E-state index in [0.717, 1.165) is 12.0 Å². The highest BCUT2D eigenvalue weighted by molar-refractivity contribution is 7.85. The van der Waals surface area contributed by atoms with Crippen LogP contribution in [0.5, 0.6) is 0 Å². The van der Waals surface area contributed by atoms with Crippen LogP contribution in [-0.4, -0.2) is 13.0 Å². The van der Waals surface area contributed by atoms with E-state index in [-0.39, 0.29) is 4.90 Å². The van der Waals surface area contributed by atoms with E-state index in [1.54, 1.807) is 23.5 Å². The van der Waals surface area contributed by atoms with Gasteiger partial charge in [0.2, 0.25) is 0 Å². The third-order valence-corrected chi connectivity index (χ3v) is 4.76. The molecule has 0 spiro atoms. The zero-order valence-corrected chi connectivity index (χ0v) is 11.5. The van der Waals surface area contributed by atoms with Crippen molar-refractivity contribution in [1.82, 2.24) is 0 Å². The molecule has 0 fully saturated rings. The first-order valence-electron chi connectivity index (χ1n) is 5.56. The molecule has 1 atom stereocenters. The number of benzene rings is 1. The van der Waals surface area contributed by atoms with E-state index in [1.165, 1.54) is 17.0 Å². The molecule has 18 heavy (non-hydrogen) atoms. The van der Waals surface area contributed by atoms with Gasteiger partial charge in [0, 0.05) is 4.88 Å². The standard InChI is InChI=1S/C13H14O3S2/c1-10(13-3-2-8-17-13)9-11-4-6-12(7-5-11)18(14,15)16/h2-8,10H,9H2,1H3,(H,14,15,16). The lowest BCUT2D eigenvalue weighted by Gasteiger charge is -2.09. The first-order valence-corrected chi connectivity index (χ1v) is 7.88. The maximum absolute atomic E-state index is 10.9. The molecule has 0 amide bonds. The van der Waals surface area contributed by atoms with Crippen molar-refractivity contribution in [3.8, 4) is 0 Å². The van der Waals surface area contributed by atoms with E-state index in [4.69, 9.17) is 4.55 Å². The molecule has 0 aliphatic rings. The molecule has 3 nitrogen and oxygen atoms in total. The topological polar surface area (TPSA) is 54.4 Å². The summed E-state index contributed by atoms with van der Waals surface area (Å²) < 4.78 is 30.7. The third kappa shape index (κ3) is 3.19. The van der Waals surface area contributed by atoms with Crippen LogP contribution in [0, 0.1) is 0 Å². The molecule has 1 N–H and O–H groups in total. The fourth-order valence-electron chi connectivity index (χ4n) is 1.82. The molecule has 0 saturated heterocycles. The average Bonchev–Trinajstić information content (AvgIpc) is 2.82. The molecule has 1 aromatic carbocycles. The summed E-state index contributed by atoms with van der Waals surface area (Å²) in [5, 5.41) is 2.05. The van der Waals surface area contributed by atoms with Crippen molar-refractivity contribution in [2.45, 2.75) is 24.2 Å². The molecule has 1 heterocycles. The highest BCUT2D eigenvalue weighted by Crippen LogP contribution is 2.24. The summed E-state index contributed by atoms with van der Waals surface area (Å²) in [7, 11) is -4.09. The van der Waals surface area contributed by atoms with Crippen molar-refractivity contribution < 1.29 is 13.0 Å². The fraction of sp³-hybridized carbons (Fsp3) is 0.231. The third-order valence-electron chi connectivity index (χ3n) is 2.79. The van der Waals surface area contributed by atoms with E-state index < -0.39 is 10.1 Å². The summed E-state index contributed by atoms with van der Waals surface area (Å²) in [5.74, 6) is 0.404. The van der Waals surface area contributed by atoms with Crippen molar-refractivity contribution in [3.05, 3.63) is 52.2 Å². The van der Waals surface area contributed by atoms with Gasteiger partial charge in [0.25, 0.3) is 10.1 Å². The van der Waals surface area contributed by atoms with Crippen LogP contribution >= 0.6 is 11.3 Å². The lowest BCUT2D eigenvalue weighted by atomic mass is 10.00. The van der Waals surface area contributed by atoms with Crippen molar-refractivity contribution in [3.63, 3.8) is 0 Å². The Morgan fingerprint density at radius 3 is 2.39 bits per heavy atom. The van der Waals surface area contributed by atoms with Gasteiger partial charge in [-0.3, -0.25) is 4.55 Å². The van der Waals surface area contributed by atoms with Crippen LogP contribution in [0.15, 0.2) is 46.7 Å². The quantitative estimate of drug-likeness (QED) is 0.875. The summed E-state index contributed by atoms with van der Waals surface area (Å²) in [6.07, 6.45) is 0.853. The van der Waals surface area contributed by atoms with Crippen LogP contribution in [0.4, 0.5) is 0 Å². The van der Waals surface area contributed by atoms with E-state index in [9.17, 15) is 8.42 Å². The van der Waals surface area contributed by atoms with E-state index in [0.29, 0.717) is 5.92 Å². The van der Waals surface area contributed by atoms with Gasteiger partial charge >= 0.3 is 0 Å². The van der Waals surface area contributed by atoms with Crippen LogP contribution in [0.1, 0.15) is 23.3 Å². The lowest BCUT2D eigenvalue weighted by Crippen LogP contribution is -2.00. The lowest BCUT2D eigenvalue weighted by molar-refractivity contribution is 0.483. The van der Waals surface area contributed by atoms with Gasteiger partial charge in [0.1, 0.15) is 0 Å². The smallest absolute Gasteiger partial charge is 0.282 e. The molecule has 0 saturated carbocycles. The zero-order valence-electron chi connectivity index (χ0n) is 9.91. The highest BCUT2D eigenvalue weighted by Gasteiger charge is 2.11. The number of rotatable bonds is 4. The minimum Gasteiger partial charge on any atom is -0.282 e. The van der Waals surface area contributed by atoms with Gasteiger partial charge in [-0.2, -0.15) is 8.42 Å². The second-order valence-corrected chi connectivity index (χ2v) is 6.64. The van der Waals surface area contributed by atoms with Crippen LogP contribution < -0.4 is 0 Å². The normalized spacial score (nSPS) is 13.4. The summed E-state index contributed by atoms with van der Waals surface area (Å²) in [5.41, 5.74) is 1.06. The Morgan fingerprint density at radius 2 is 1.89 bits per heavy atom. The molecule has 0 aliphatic heterocycles. The summed E-state index contributed by atoms with van der Waals surface area (Å²) in [6, 6.07) is 10.5. The number of thiophene rings is 1. The first-order chi connectivity index (χ1) is 8.47. The molecule has 2 aromatic rings. The van der Waals surface area contributed by atoms with Gasteiger partial charge in [-0.05, 0) is 41.5 Å². The summed E-state index contributed by atoms with van der Waals surface area (Å²) in [4.78, 5) is 1.25. The predicted molar refractivity (Wildman–Crippen MR) is 72.7 cm³/mol. The maximum atomic E-state index is 10.9. The Balaban J connectivity index is 2.12. The van der Waals surface area contributed by atoms with Gasteiger partial charge in [-0.15, -0.1) is 11.3 Å². The molecular formula is C13H14O3S2. The van der Waals surface area contributed by atoms with Gasteiger partial charge in [0.15, 0.2) is 0 Å². The Bertz CT molecular complexity index is 598. The fourth-order valence-corrected chi connectivity index (χ4v) is 3.09. The largest absolute Gasteiger partial charge is 0.294 e. The molecular weight excluding hydrogens is 268 g/mol. The SMILES string of the molecule is CC(Cc1ccc(S(=O)(=O)O)cc1)c1cccs1.